The highest BCUT2D eigenvalue weighted by atomic mass is 35.5. The molecule has 2 aliphatic carbocycles. The lowest BCUT2D eigenvalue weighted by molar-refractivity contribution is 0.0927. The number of amides is 1. The van der Waals surface area contributed by atoms with Gasteiger partial charge in [0.05, 0.1) is 10.6 Å². The molecule has 3 rings (SSSR count). The first kappa shape index (κ1) is 11.8. The van der Waals surface area contributed by atoms with Crippen molar-refractivity contribution >= 4 is 23.2 Å². The van der Waals surface area contributed by atoms with Crippen LogP contribution < -0.4 is 11.1 Å². The van der Waals surface area contributed by atoms with Crippen LogP contribution in [0.2, 0.25) is 5.02 Å². The van der Waals surface area contributed by atoms with Crippen molar-refractivity contribution in [3.63, 3.8) is 0 Å². The quantitative estimate of drug-likeness (QED) is 0.822. The van der Waals surface area contributed by atoms with Gasteiger partial charge in [-0.05, 0) is 49.7 Å². The number of anilines is 1. The van der Waals surface area contributed by atoms with E-state index in [4.69, 9.17) is 17.3 Å². The van der Waals surface area contributed by atoms with Crippen LogP contribution in [0, 0.1) is 11.8 Å². The summed E-state index contributed by atoms with van der Waals surface area (Å²) in [5.41, 5.74) is 6.71. The number of nitrogens with one attached hydrogen (secondary N) is 1. The molecule has 1 aromatic rings. The summed E-state index contributed by atoms with van der Waals surface area (Å²) < 4.78 is 0. The third kappa shape index (κ3) is 2.32. The Hall–Kier alpha value is -1.22. The number of carbonyl (C=O) groups excluding carboxylic acids is 1. The molecule has 4 heteroatoms. The average molecular weight is 265 g/mol. The van der Waals surface area contributed by atoms with Gasteiger partial charge >= 0.3 is 0 Å². The maximum Gasteiger partial charge on any atom is 0.255 e. The normalized spacial score (nSPS) is 19.0. The largest absolute Gasteiger partial charge is 0.398 e. The minimum Gasteiger partial charge on any atom is -0.398 e. The second-order valence-electron chi connectivity index (χ2n) is 5.38. The minimum atomic E-state index is -0.123. The van der Waals surface area contributed by atoms with Gasteiger partial charge in [-0.3, -0.25) is 4.79 Å². The van der Waals surface area contributed by atoms with Crippen LogP contribution in [0.5, 0.6) is 0 Å². The molecular formula is C14H17ClN2O. The lowest BCUT2D eigenvalue weighted by Crippen LogP contribution is -2.38. The topological polar surface area (TPSA) is 55.1 Å². The van der Waals surface area contributed by atoms with Gasteiger partial charge in [0, 0.05) is 11.7 Å². The van der Waals surface area contributed by atoms with Gasteiger partial charge in [-0.2, -0.15) is 0 Å². The summed E-state index contributed by atoms with van der Waals surface area (Å²) in [6.45, 7) is 0. The van der Waals surface area contributed by atoms with Crippen molar-refractivity contribution in [3.05, 3.63) is 28.8 Å². The van der Waals surface area contributed by atoms with Gasteiger partial charge in [-0.15, -0.1) is 0 Å². The number of carbonyl (C=O) groups is 1. The molecule has 0 unspecified atom stereocenters. The molecule has 0 aliphatic heterocycles. The molecule has 0 bridgehead atoms. The molecule has 1 amide bonds. The molecular weight excluding hydrogens is 248 g/mol. The monoisotopic (exact) mass is 264 g/mol. The lowest BCUT2D eigenvalue weighted by Gasteiger charge is -2.18. The molecule has 0 spiro atoms. The van der Waals surface area contributed by atoms with E-state index < -0.39 is 0 Å². The van der Waals surface area contributed by atoms with Crippen LogP contribution >= 0.6 is 11.6 Å². The molecule has 0 saturated heterocycles. The van der Waals surface area contributed by atoms with Gasteiger partial charge in [-0.1, -0.05) is 17.7 Å². The van der Waals surface area contributed by atoms with Crippen LogP contribution in [0.3, 0.4) is 0 Å². The predicted molar refractivity (Wildman–Crippen MR) is 72.6 cm³/mol. The summed E-state index contributed by atoms with van der Waals surface area (Å²) in [5.74, 6) is 1.22. The Bertz CT molecular complexity index is 448. The van der Waals surface area contributed by atoms with Crippen molar-refractivity contribution in [3.8, 4) is 0 Å². The predicted octanol–water partition coefficient (Wildman–Crippen LogP) is 2.84. The maximum atomic E-state index is 12.3. The van der Waals surface area contributed by atoms with Crippen LogP contribution in [0.15, 0.2) is 18.2 Å². The molecule has 0 atom stereocenters. The smallest absolute Gasteiger partial charge is 0.255 e. The van der Waals surface area contributed by atoms with E-state index >= 15 is 0 Å². The second kappa shape index (κ2) is 4.47. The van der Waals surface area contributed by atoms with Gasteiger partial charge in [-0.25, -0.2) is 0 Å². The number of nitrogen functional groups attached to an aromatic ring is 1. The highest BCUT2D eigenvalue weighted by Crippen LogP contribution is 2.44. The molecule has 0 radical (unpaired) electrons. The first-order valence-corrected chi connectivity index (χ1v) is 6.89. The summed E-state index contributed by atoms with van der Waals surface area (Å²) in [6, 6.07) is 5.50. The Morgan fingerprint density at radius 2 is 1.89 bits per heavy atom. The molecule has 2 saturated carbocycles. The van der Waals surface area contributed by atoms with Gasteiger partial charge < -0.3 is 11.1 Å². The molecule has 3 N–H and O–H groups in total. The van der Waals surface area contributed by atoms with Crippen LogP contribution in [-0.2, 0) is 0 Å². The van der Waals surface area contributed by atoms with Crippen LogP contribution in [-0.4, -0.2) is 11.9 Å². The second-order valence-corrected chi connectivity index (χ2v) is 5.79. The summed E-state index contributed by atoms with van der Waals surface area (Å²) in [6.07, 6.45) is 4.94. The Balaban J connectivity index is 1.77. The number of nitrogens with two attached hydrogens (primary N) is 1. The molecule has 2 fully saturated rings. The molecule has 0 heterocycles. The maximum absolute atomic E-state index is 12.3. The lowest BCUT2D eigenvalue weighted by atomic mass is 10.1. The Labute approximate surface area is 112 Å². The van der Waals surface area contributed by atoms with Crippen LogP contribution in [0.4, 0.5) is 5.69 Å². The van der Waals surface area contributed by atoms with Gasteiger partial charge in [0.1, 0.15) is 0 Å². The minimum absolute atomic E-state index is 0.123. The molecule has 1 aromatic carbocycles. The van der Waals surface area contributed by atoms with Gasteiger partial charge in [0.2, 0.25) is 0 Å². The van der Waals surface area contributed by atoms with Crippen molar-refractivity contribution < 1.29 is 4.79 Å². The van der Waals surface area contributed by atoms with Crippen LogP contribution in [0.1, 0.15) is 36.0 Å². The molecule has 3 nitrogen and oxygen atoms in total. The highest BCUT2D eigenvalue weighted by molar-refractivity contribution is 6.34. The Morgan fingerprint density at radius 1 is 1.28 bits per heavy atom. The zero-order chi connectivity index (χ0) is 12.7. The fourth-order valence-electron chi connectivity index (χ4n) is 2.54. The molecule has 96 valence electrons. The van der Waals surface area contributed by atoms with Crippen molar-refractivity contribution in [1.82, 2.24) is 5.32 Å². The van der Waals surface area contributed by atoms with Crippen molar-refractivity contribution in [2.45, 2.75) is 31.7 Å². The zero-order valence-electron chi connectivity index (χ0n) is 10.2. The molecule has 2 aliphatic rings. The van der Waals surface area contributed by atoms with Gasteiger partial charge in [0.25, 0.3) is 5.91 Å². The Morgan fingerprint density at radius 3 is 2.39 bits per heavy atom. The van der Waals surface area contributed by atoms with E-state index in [1.807, 2.05) is 0 Å². The molecule has 0 aromatic heterocycles. The Kier molecular flexibility index (Phi) is 2.94. The van der Waals surface area contributed by atoms with Gasteiger partial charge in [0.15, 0.2) is 0 Å². The van der Waals surface area contributed by atoms with Crippen molar-refractivity contribution in [2.75, 3.05) is 5.73 Å². The SMILES string of the molecule is Nc1cccc(Cl)c1C(=O)NC(C1CC1)C1CC1. The number of halogens is 1. The summed E-state index contributed by atoms with van der Waals surface area (Å²) in [4.78, 5) is 12.3. The van der Waals surface area contributed by atoms with E-state index in [-0.39, 0.29) is 5.91 Å². The van der Waals surface area contributed by atoms with E-state index in [2.05, 4.69) is 5.32 Å². The standard InChI is InChI=1S/C14H17ClN2O/c15-10-2-1-3-11(16)12(10)14(18)17-13(8-4-5-8)9-6-7-9/h1-3,8-9,13H,4-7,16H2,(H,17,18). The first-order valence-electron chi connectivity index (χ1n) is 6.51. The number of hydrogen-bond donors (Lipinski definition) is 2. The van der Waals surface area contributed by atoms with E-state index in [9.17, 15) is 4.79 Å². The summed E-state index contributed by atoms with van der Waals surface area (Å²) in [5, 5.41) is 3.56. The first-order chi connectivity index (χ1) is 8.66. The summed E-state index contributed by atoms with van der Waals surface area (Å²) >= 11 is 6.06. The fraction of sp³-hybridized carbons (Fsp3) is 0.500. The van der Waals surface area contributed by atoms with Crippen molar-refractivity contribution in [2.24, 2.45) is 11.8 Å². The van der Waals surface area contributed by atoms with Crippen LogP contribution in [0.25, 0.3) is 0 Å². The number of benzene rings is 1. The van der Waals surface area contributed by atoms with E-state index in [0.29, 0.717) is 34.2 Å². The van der Waals surface area contributed by atoms with E-state index in [1.54, 1.807) is 18.2 Å². The fourth-order valence-corrected chi connectivity index (χ4v) is 2.80. The van der Waals surface area contributed by atoms with E-state index in [0.717, 1.165) is 0 Å². The average Bonchev–Trinajstić information content (AvgIpc) is 3.17. The number of hydrogen-bond acceptors (Lipinski definition) is 2. The van der Waals surface area contributed by atoms with E-state index in [1.165, 1.54) is 25.7 Å². The summed E-state index contributed by atoms with van der Waals surface area (Å²) in [7, 11) is 0. The molecule has 18 heavy (non-hydrogen) atoms. The highest BCUT2D eigenvalue weighted by Gasteiger charge is 2.42. The number of rotatable bonds is 4. The third-order valence-electron chi connectivity index (χ3n) is 3.83. The third-order valence-corrected chi connectivity index (χ3v) is 4.15. The van der Waals surface area contributed by atoms with Crippen molar-refractivity contribution in [1.29, 1.82) is 0 Å². The zero-order valence-corrected chi connectivity index (χ0v) is 10.9.